The Morgan fingerprint density at radius 2 is 1.93 bits per heavy atom. The number of hydrogen-bond donors (Lipinski definition) is 0. The van der Waals surface area contributed by atoms with Crippen molar-refractivity contribution < 1.29 is 22.7 Å². The zero-order valence-electron chi connectivity index (χ0n) is 15.5. The fourth-order valence-corrected chi connectivity index (χ4v) is 4.95. The summed E-state index contributed by atoms with van der Waals surface area (Å²) in [6, 6.07) is 7.07. The number of aromatic nitrogens is 1. The number of rotatable bonds is 3. The van der Waals surface area contributed by atoms with E-state index in [1.807, 2.05) is 19.1 Å². The molecule has 4 rings (SSSR count). The zero-order chi connectivity index (χ0) is 19.7. The van der Waals surface area contributed by atoms with Crippen LogP contribution >= 0.6 is 0 Å². The van der Waals surface area contributed by atoms with E-state index in [9.17, 15) is 13.2 Å². The van der Waals surface area contributed by atoms with Crippen LogP contribution in [-0.4, -0.2) is 67.9 Å². The summed E-state index contributed by atoms with van der Waals surface area (Å²) >= 11 is 0. The molecule has 3 heterocycles. The number of carbonyl (C=O) groups is 1. The average Bonchev–Trinajstić information content (AvgIpc) is 2.73. The number of hydrogen-bond acceptors (Lipinski definition) is 6. The number of aryl methyl sites for hydroxylation is 1. The molecule has 0 atom stereocenters. The van der Waals surface area contributed by atoms with E-state index in [2.05, 4.69) is 4.98 Å². The van der Waals surface area contributed by atoms with Gasteiger partial charge in [-0.1, -0.05) is 12.1 Å². The van der Waals surface area contributed by atoms with Crippen molar-refractivity contribution in [1.82, 2.24) is 14.2 Å². The normalized spacial score (nSPS) is 18.3. The van der Waals surface area contributed by atoms with Gasteiger partial charge >= 0.3 is 0 Å². The molecule has 1 aromatic carbocycles. The van der Waals surface area contributed by atoms with E-state index in [0.29, 0.717) is 18.7 Å². The lowest BCUT2D eigenvalue weighted by Gasteiger charge is -2.34. The van der Waals surface area contributed by atoms with Crippen molar-refractivity contribution in [2.75, 3.05) is 39.4 Å². The van der Waals surface area contributed by atoms with Crippen LogP contribution < -0.4 is 0 Å². The first kappa shape index (κ1) is 18.7. The second kappa shape index (κ2) is 7.40. The predicted molar refractivity (Wildman–Crippen MR) is 102 cm³/mol. The number of para-hydroxylation sites is 1. The van der Waals surface area contributed by atoms with E-state index < -0.39 is 10.0 Å². The lowest BCUT2D eigenvalue weighted by atomic mass is 10.2. The molecule has 2 aliphatic heterocycles. The van der Waals surface area contributed by atoms with Gasteiger partial charge in [0.25, 0.3) is 5.91 Å². The highest BCUT2D eigenvalue weighted by Gasteiger charge is 2.33. The minimum Gasteiger partial charge on any atom is -0.494 e. The Balaban J connectivity index is 1.53. The average molecular weight is 403 g/mol. The number of nitrogens with zero attached hydrogens (tertiary/aromatic N) is 3. The van der Waals surface area contributed by atoms with Gasteiger partial charge in [0.2, 0.25) is 15.8 Å². The molecule has 148 valence electrons. The standard InChI is InChI=1S/C19H21N3O5S/c1-14-11-15-3-2-4-17(18(15)20-12-14)28(24,25)22-7-5-21(6-8-22)19(23)16-13-26-9-10-27-16/h2-4,11-13H,5-10H2,1H3. The molecule has 0 N–H and O–H groups in total. The van der Waals surface area contributed by atoms with Crippen molar-refractivity contribution in [2.24, 2.45) is 0 Å². The molecule has 2 aliphatic rings. The van der Waals surface area contributed by atoms with Gasteiger partial charge < -0.3 is 14.4 Å². The highest BCUT2D eigenvalue weighted by atomic mass is 32.2. The van der Waals surface area contributed by atoms with Crippen molar-refractivity contribution in [3.63, 3.8) is 0 Å². The first-order valence-corrected chi connectivity index (χ1v) is 10.5. The first-order valence-electron chi connectivity index (χ1n) is 9.06. The van der Waals surface area contributed by atoms with E-state index >= 15 is 0 Å². The molecule has 1 saturated heterocycles. The van der Waals surface area contributed by atoms with E-state index in [-0.39, 0.29) is 42.7 Å². The number of ether oxygens (including phenoxy) is 2. The van der Waals surface area contributed by atoms with Crippen LogP contribution in [0, 0.1) is 6.92 Å². The predicted octanol–water partition coefficient (Wildman–Crippen LogP) is 1.26. The third-order valence-electron chi connectivity index (χ3n) is 4.81. The summed E-state index contributed by atoms with van der Waals surface area (Å²) in [5.74, 6) is -0.116. The van der Waals surface area contributed by atoms with Gasteiger partial charge in [0.15, 0.2) is 0 Å². The highest BCUT2D eigenvalue weighted by Crippen LogP contribution is 2.26. The first-order chi connectivity index (χ1) is 13.5. The number of amides is 1. The second-order valence-electron chi connectivity index (χ2n) is 6.74. The third-order valence-corrected chi connectivity index (χ3v) is 6.74. The van der Waals surface area contributed by atoms with Crippen LogP contribution in [0.4, 0.5) is 0 Å². The largest absolute Gasteiger partial charge is 0.494 e. The monoisotopic (exact) mass is 403 g/mol. The lowest BCUT2D eigenvalue weighted by Crippen LogP contribution is -2.51. The minimum atomic E-state index is -3.71. The van der Waals surface area contributed by atoms with Gasteiger partial charge in [-0.05, 0) is 24.6 Å². The molecule has 1 aromatic heterocycles. The molecule has 0 aliphatic carbocycles. The fourth-order valence-electron chi connectivity index (χ4n) is 3.36. The van der Waals surface area contributed by atoms with Crippen molar-refractivity contribution in [3.05, 3.63) is 48.0 Å². The Labute approximate surface area is 163 Å². The number of piperazine rings is 1. The fraction of sp³-hybridized carbons (Fsp3) is 0.368. The third kappa shape index (κ3) is 3.43. The van der Waals surface area contributed by atoms with Gasteiger partial charge in [0.05, 0.1) is 5.52 Å². The molecule has 1 fully saturated rings. The molecule has 0 saturated carbocycles. The summed E-state index contributed by atoms with van der Waals surface area (Å²) in [6.45, 7) is 3.67. The Bertz CT molecular complexity index is 1040. The molecule has 0 spiro atoms. The molecule has 9 heteroatoms. The van der Waals surface area contributed by atoms with Crippen LogP contribution in [0.3, 0.4) is 0 Å². The van der Waals surface area contributed by atoms with E-state index in [1.165, 1.54) is 10.6 Å². The van der Waals surface area contributed by atoms with E-state index in [1.54, 1.807) is 23.2 Å². The summed E-state index contributed by atoms with van der Waals surface area (Å²) in [6.07, 6.45) is 2.98. The second-order valence-corrected chi connectivity index (χ2v) is 8.64. The van der Waals surface area contributed by atoms with E-state index in [0.717, 1.165) is 10.9 Å². The Kier molecular flexibility index (Phi) is 4.94. The van der Waals surface area contributed by atoms with Gasteiger partial charge in [-0.2, -0.15) is 4.31 Å². The molecular weight excluding hydrogens is 382 g/mol. The van der Waals surface area contributed by atoms with Crippen LogP contribution in [0.2, 0.25) is 0 Å². The molecule has 0 radical (unpaired) electrons. The molecule has 0 unspecified atom stereocenters. The van der Waals surface area contributed by atoms with Crippen LogP contribution in [0.15, 0.2) is 47.4 Å². The Hall–Kier alpha value is -2.65. The molecule has 1 amide bonds. The number of carbonyl (C=O) groups excluding carboxylic acids is 1. The summed E-state index contributed by atoms with van der Waals surface area (Å²) in [4.78, 5) is 18.6. The van der Waals surface area contributed by atoms with Gasteiger partial charge in [-0.15, -0.1) is 0 Å². The van der Waals surface area contributed by atoms with Crippen LogP contribution in [0.25, 0.3) is 10.9 Å². The maximum atomic E-state index is 13.2. The molecule has 8 nitrogen and oxygen atoms in total. The van der Waals surface area contributed by atoms with Gasteiger partial charge in [-0.3, -0.25) is 9.78 Å². The Morgan fingerprint density at radius 1 is 1.14 bits per heavy atom. The summed E-state index contributed by atoms with van der Waals surface area (Å²) in [7, 11) is -3.71. The van der Waals surface area contributed by atoms with Gasteiger partial charge in [0.1, 0.15) is 24.4 Å². The van der Waals surface area contributed by atoms with Crippen molar-refractivity contribution in [3.8, 4) is 0 Å². The topological polar surface area (TPSA) is 89.0 Å². The van der Waals surface area contributed by atoms with E-state index in [4.69, 9.17) is 9.47 Å². The number of sulfonamides is 1. The lowest BCUT2D eigenvalue weighted by molar-refractivity contribution is -0.133. The Morgan fingerprint density at radius 3 is 2.64 bits per heavy atom. The number of benzene rings is 1. The van der Waals surface area contributed by atoms with Crippen molar-refractivity contribution in [1.29, 1.82) is 0 Å². The van der Waals surface area contributed by atoms with Crippen LogP contribution in [-0.2, 0) is 24.3 Å². The number of fused-ring (bicyclic) bond motifs is 1. The maximum absolute atomic E-state index is 13.2. The van der Waals surface area contributed by atoms with Crippen molar-refractivity contribution >= 4 is 26.8 Å². The molecule has 28 heavy (non-hydrogen) atoms. The van der Waals surface area contributed by atoms with Gasteiger partial charge in [0, 0.05) is 37.8 Å². The smallest absolute Gasteiger partial charge is 0.292 e. The number of pyridine rings is 1. The molecule has 2 aromatic rings. The molecule has 0 bridgehead atoms. The van der Waals surface area contributed by atoms with Crippen molar-refractivity contribution in [2.45, 2.75) is 11.8 Å². The van der Waals surface area contributed by atoms with Gasteiger partial charge in [-0.25, -0.2) is 8.42 Å². The minimum absolute atomic E-state index is 0.163. The van der Waals surface area contributed by atoms with Crippen LogP contribution in [0.5, 0.6) is 0 Å². The summed E-state index contributed by atoms with van der Waals surface area (Å²) < 4.78 is 38.2. The highest BCUT2D eigenvalue weighted by molar-refractivity contribution is 7.89. The molecular formula is C19H21N3O5S. The summed E-state index contributed by atoms with van der Waals surface area (Å²) in [5.41, 5.74) is 1.43. The SMILES string of the molecule is Cc1cnc2c(S(=O)(=O)N3CCN(C(=O)C4=COCCO4)CC3)cccc2c1. The summed E-state index contributed by atoms with van der Waals surface area (Å²) in [5, 5.41) is 0.788. The maximum Gasteiger partial charge on any atom is 0.292 e. The quantitative estimate of drug-likeness (QED) is 0.767. The van der Waals surface area contributed by atoms with Crippen LogP contribution in [0.1, 0.15) is 5.56 Å². The zero-order valence-corrected chi connectivity index (χ0v) is 16.3.